The number of halogens is 3. The second-order valence-corrected chi connectivity index (χ2v) is 6.72. The summed E-state index contributed by atoms with van der Waals surface area (Å²) in [6.07, 6.45) is 1.14. The molecule has 0 saturated carbocycles. The number of hydrogen-bond acceptors (Lipinski definition) is 4. The number of carbonyl (C=O) groups excluding carboxylic acids is 1. The van der Waals surface area contributed by atoms with E-state index in [0.717, 1.165) is 5.75 Å². The van der Waals surface area contributed by atoms with Crippen LogP contribution in [0.5, 0.6) is 0 Å². The van der Waals surface area contributed by atoms with Crippen LogP contribution in [-0.2, 0) is 4.79 Å². The van der Waals surface area contributed by atoms with Gasteiger partial charge in [-0.05, 0) is 0 Å². The normalized spacial score (nSPS) is 18.6. The summed E-state index contributed by atoms with van der Waals surface area (Å²) in [5, 5.41) is 9.16. The van der Waals surface area contributed by atoms with E-state index < -0.39 is 11.9 Å². The Morgan fingerprint density at radius 2 is 2.10 bits per heavy atom. The Morgan fingerprint density at radius 1 is 1.38 bits per heavy atom. The van der Waals surface area contributed by atoms with Gasteiger partial charge >= 0.3 is 5.97 Å². The fourth-order valence-corrected chi connectivity index (χ4v) is 3.65. The van der Waals surface area contributed by atoms with Gasteiger partial charge in [-0.1, -0.05) is 34.8 Å². The number of aromatic nitrogens is 1. The number of carboxylic acid groups (broad SMARTS) is 1. The lowest BCUT2D eigenvalue weighted by Crippen LogP contribution is -2.47. The fourth-order valence-electron chi connectivity index (χ4n) is 2.02. The van der Waals surface area contributed by atoms with Gasteiger partial charge in [-0.3, -0.25) is 9.59 Å². The summed E-state index contributed by atoms with van der Waals surface area (Å²) >= 11 is 19.3. The van der Waals surface area contributed by atoms with Crippen LogP contribution in [0, 0.1) is 0 Å². The third kappa shape index (κ3) is 3.74. The Balaban J connectivity index is 2.29. The lowest BCUT2D eigenvalue weighted by atomic mass is 10.1. The number of rotatable bonds is 3. The minimum absolute atomic E-state index is 0.00615. The largest absolute Gasteiger partial charge is 0.481 e. The molecule has 21 heavy (non-hydrogen) atoms. The lowest BCUT2D eigenvalue weighted by Gasteiger charge is -2.34. The molecule has 1 atom stereocenters. The van der Waals surface area contributed by atoms with Crippen LogP contribution in [0.1, 0.15) is 16.9 Å². The third-order valence-corrected chi connectivity index (χ3v) is 5.35. The van der Waals surface area contributed by atoms with E-state index in [1.165, 1.54) is 11.1 Å². The van der Waals surface area contributed by atoms with Crippen LogP contribution in [0.25, 0.3) is 0 Å². The molecular formula is C12H11Cl3N2O3S. The molecule has 1 amide bonds. The molecule has 9 heteroatoms. The molecular weight excluding hydrogens is 359 g/mol. The smallest absolute Gasteiger partial charge is 0.305 e. The van der Waals surface area contributed by atoms with Crippen molar-refractivity contribution in [1.29, 1.82) is 0 Å². The molecule has 114 valence electrons. The third-order valence-electron chi connectivity index (χ3n) is 3.02. The molecule has 2 rings (SSSR count). The van der Waals surface area contributed by atoms with Crippen molar-refractivity contribution >= 4 is 58.4 Å². The predicted molar refractivity (Wildman–Crippen MR) is 83.7 cm³/mol. The van der Waals surface area contributed by atoms with E-state index in [0.29, 0.717) is 12.3 Å². The number of hydrogen-bond donors (Lipinski definition) is 1. The van der Waals surface area contributed by atoms with E-state index in [1.54, 1.807) is 11.8 Å². The molecule has 0 bridgehead atoms. The first-order valence-corrected chi connectivity index (χ1v) is 8.30. The van der Waals surface area contributed by atoms with Gasteiger partial charge in [-0.25, -0.2) is 4.98 Å². The van der Waals surface area contributed by atoms with Gasteiger partial charge in [0.05, 0.1) is 27.5 Å². The minimum Gasteiger partial charge on any atom is -0.481 e. The quantitative estimate of drug-likeness (QED) is 0.886. The van der Waals surface area contributed by atoms with Crippen molar-refractivity contribution in [2.75, 3.05) is 18.1 Å². The molecule has 2 heterocycles. The summed E-state index contributed by atoms with van der Waals surface area (Å²) in [5.41, 5.74) is -0.00615. The highest BCUT2D eigenvalue weighted by Gasteiger charge is 2.31. The van der Waals surface area contributed by atoms with Gasteiger partial charge in [-0.15, -0.1) is 0 Å². The number of carboxylic acids is 1. The minimum atomic E-state index is -0.950. The first-order valence-electron chi connectivity index (χ1n) is 6.01. The first kappa shape index (κ1) is 16.7. The van der Waals surface area contributed by atoms with Crippen molar-refractivity contribution in [3.8, 4) is 0 Å². The predicted octanol–water partition coefficient (Wildman–Crippen LogP) is 3.07. The SMILES string of the molecule is O=C(O)CC1CSCCN1C(=O)c1ncc(Cl)c(Cl)c1Cl. The number of amides is 1. The summed E-state index contributed by atoms with van der Waals surface area (Å²) in [4.78, 5) is 28.9. The standard InChI is InChI=1S/C12H11Cl3N2O3S/c13-7-4-16-11(10(15)9(7)14)12(20)17-1-2-21-5-6(17)3-8(18)19/h4,6H,1-3,5H2,(H,18,19). The molecule has 1 aliphatic heterocycles. The second-order valence-electron chi connectivity index (χ2n) is 4.41. The Hall–Kier alpha value is -0.690. The molecule has 1 aromatic rings. The number of carbonyl (C=O) groups is 2. The van der Waals surface area contributed by atoms with Gasteiger partial charge in [0.15, 0.2) is 0 Å². The molecule has 0 aromatic carbocycles. The highest BCUT2D eigenvalue weighted by Crippen LogP contribution is 2.32. The van der Waals surface area contributed by atoms with Crippen LogP contribution >= 0.6 is 46.6 Å². The first-order chi connectivity index (χ1) is 9.91. The molecule has 1 fully saturated rings. The van der Waals surface area contributed by atoms with Crippen LogP contribution in [0.4, 0.5) is 0 Å². The monoisotopic (exact) mass is 368 g/mol. The van der Waals surface area contributed by atoms with E-state index in [2.05, 4.69) is 4.98 Å². The van der Waals surface area contributed by atoms with Crippen LogP contribution in [0.15, 0.2) is 6.20 Å². The maximum Gasteiger partial charge on any atom is 0.305 e. The van der Waals surface area contributed by atoms with Gasteiger partial charge in [0.25, 0.3) is 5.91 Å². The highest BCUT2D eigenvalue weighted by molar-refractivity contribution is 7.99. The summed E-state index contributed by atoms with van der Waals surface area (Å²) in [7, 11) is 0. The summed E-state index contributed by atoms with van der Waals surface area (Å²) in [6.45, 7) is 0.444. The van der Waals surface area contributed by atoms with Crippen molar-refractivity contribution in [2.45, 2.75) is 12.5 Å². The zero-order chi connectivity index (χ0) is 15.6. The molecule has 1 N–H and O–H groups in total. The number of thioether (sulfide) groups is 1. The summed E-state index contributed by atoms with van der Waals surface area (Å²) in [6, 6.07) is -0.388. The average molecular weight is 370 g/mol. The molecule has 0 aliphatic carbocycles. The molecule has 0 spiro atoms. The zero-order valence-corrected chi connectivity index (χ0v) is 13.8. The van der Waals surface area contributed by atoms with Gasteiger partial charge in [0.2, 0.25) is 0 Å². The Kier molecular flexibility index (Phi) is 5.60. The Morgan fingerprint density at radius 3 is 2.76 bits per heavy atom. The topological polar surface area (TPSA) is 70.5 Å². The fraction of sp³-hybridized carbons (Fsp3) is 0.417. The molecule has 1 aromatic heterocycles. The van der Waals surface area contributed by atoms with Crippen LogP contribution in [0.2, 0.25) is 15.1 Å². The highest BCUT2D eigenvalue weighted by atomic mass is 35.5. The van der Waals surface area contributed by atoms with E-state index in [-0.39, 0.29) is 33.2 Å². The van der Waals surface area contributed by atoms with Gasteiger partial charge in [-0.2, -0.15) is 11.8 Å². The zero-order valence-electron chi connectivity index (χ0n) is 10.7. The van der Waals surface area contributed by atoms with Crippen molar-refractivity contribution in [3.05, 3.63) is 27.0 Å². The van der Waals surface area contributed by atoms with Gasteiger partial charge in [0.1, 0.15) is 5.69 Å². The molecule has 1 aliphatic rings. The molecule has 5 nitrogen and oxygen atoms in total. The van der Waals surface area contributed by atoms with E-state index in [9.17, 15) is 9.59 Å². The molecule has 1 saturated heterocycles. The maximum absolute atomic E-state index is 12.6. The van der Waals surface area contributed by atoms with Gasteiger partial charge in [0, 0.05) is 24.2 Å². The second kappa shape index (κ2) is 7.05. The van der Waals surface area contributed by atoms with Crippen LogP contribution in [0.3, 0.4) is 0 Å². The summed E-state index contributed by atoms with van der Waals surface area (Å²) in [5.74, 6) is -0.0729. The van der Waals surface area contributed by atoms with Crippen LogP contribution < -0.4 is 0 Å². The van der Waals surface area contributed by atoms with Gasteiger partial charge < -0.3 is 10.0 Å². The Labute approximate surface area is 140 Å². The molecule has 1 unspecified atom stereocenters. The Bertz CT molecular complexity index is 585. The van der Waals surface area contributed by atoms with E-state index in [1.807, 2.05) is 0 Å². The number of nitrogens with zero attached hydrogens (tertiary/aromatic N) is 2. The number of pyridine rings is 1. The van der Waals surface area contributed by atoms with Crippen LogP contribution in [-0.4, -0.2) is 51.0 Å². The van der Waals surface area contributed by atoms with Crippen molar-refractivity contribution in [2.24, 2.45) is 0 Å². The number of aliphatic carboxylic acids is 1. The molecule has 0 radical (unpaired) electrons. The van der Waals surface area contributed by atoms with Crippen molar-refractivity contribution in [1.82, 2.24) is 9.88 Å². The van der Waals surface area contributed by atoms with E-state index >= 15 is 0 Å². The maximum atomic E-state index is 12.6. The van der Waals surface area contributed by atoms with Crippen molar-refractivity contribution in [3.63, 3.8) is 0 Å². The van der Waals surface area contributed by atoms with E-state index in [4.69, 9.17) is 39.9 Å². The van der Waals surface area contributed by atoms with Crippen molar-refractivity contribution < 1.29 is 14.7 Å². The average Bonchev–Trinajstić information content (AvgIpc) is 2.44. The lowest BCUT2D eigenvalue weighted by molar-refractivity contribution is -0.138. The summed E-state index contributed by atoms with van der Waals surface area (Å²) < 4.78 is 0.